The van der Waals surface area contributed by atoms with Crippen molar-refractivity contribution in [1.82, 2.24) is 4.90 Å². The summed E-state index contributed by atoms with van der Waals surface area (Å²) in [5, 5.41) is 15.8. The summed E-state index contributed by atoms with van der Waals surface area (Å²) in [4.78, 5) is 13.7. The first-order valence-corrected chi connectivity index (χ1v) is 6.13. The number of carbonyl (C=O) groups is 1. The third kappa shape index (κ3) is 2.73. The SMILES string of the molecule is CC(O)CN(C)C(=O)c1ccc2c(c1)NCCN2. The smallest absolute Gasteiger partial charge is 0.253 e. The van der Waals surface area contributed by atoms with E-state index in [4.69, 9.17) is 0 Å². The summed E-state index contributed by atoms with van der Waals surface area (Å²) in [5.41, 5.74) is 2.61. The maximum atomic E-state index is 12.1. The molecule has 0 aliphatic carbocycles. The largest absolute Gasteiger partial charge is 0.392 e. The van der Waals surface area contributed by atoms with Crippen LogP contribution in [0.1, 0.15) is 17.3 Å². The summed E-state index contributed by atoms with van der Waals surface area (Å²) >= 11 is 0. The van der Waals surface area contributed by atoms with Crippen molar-refractivity contribution in [3.05, 3.63) is 23.8 Å². The van der Waals surface area contributed by atoms with Crippen molar-refractivity contribution < 1.29 is 9.90 Å². The molecule has 3 N–H and O–H groups in total. The molecule has 1 heterocycles. The van der Waals surface area contributed by atoms with Gasteiger partial charge in [0.15, 0.2) is 0 Å². The van der Waals surface area contributed by atoms with Gasteiger partial charge >= 0.3 is 0 Å². The van der Waals surface area contributed by atoms with Gasteiger partial charge in [0.05, 0.1) is 17.5 Å². The fraction of sp³-hybridized carbons (Fsp3) is 0.462. The van der Waals surface area contributed by atoms with Crippen LogP contribution in [0.15, 0.2) is 18.2 Å². The second kappa shape index (κ2) is 5.27. The monoisotopic (exact) mass is 249 g/mol. The Morgan fingerprint density at radius 1 is 1.39 bits per heavy atom. The summed E-state index contributed by atoms with van der Waals surface area (Å²) in [7, 11) is 1.69. The zero-order valence-corrected chi connectivity index (χ0v) is 10.7. The van der Waals surface area contributed by atoms with Crippen LogP contribution in [0.5, 0.6) is 0 Å². The fourth-order valence-corrected chi connectivity index (χ4v) is 2.07. The number of nitrogens with zero attached hydrogens (tertiary/aromatic N) is 1. The minimum absolute atomic E-state index is 0.0777. The van der Waals surface area contributed by atoms with E-state index in [9.17, 15) is 9.90 Å². The molecule has 1 atom stereocenters. The molecule has 5 nitrogen and oxygen atoms in total. The van der Waals surface area contributed by atoms with Gasteiger partial charge in [0.2, 0.25) is 0 Å². The first kappa shape index (κ1) is 12.7. The number of aliphatic hydroxyl groups is 1. The number of hydrogen-bond donors (Lipinski definition) is 3. The van der Waals surface area contributed by atoms with Crippen molar-refractivity contribution in [3.8, 4) is 0 Å². The highest BCUT2D eigenvalue weighted by Crippen LogP contribution is 2.25. The van der Waals surface area contributed by atoms with E-state index in [0.717, 1.165) is 24.5 Å². The zero-order valence-electron chi connectivity index (χ0n) is 10.7. The molecule has 0 saturated carbocycles. The average molecular weight is 249 g/mol. The third-order valence-corrected chi connectivity index (χ3v) is 2.91. The molecule has 5 heteroatoms. The van der Waals surface area contributed by atoms with Crippen LogP contribution in [0.2, 0.25) is 0 Å². The highest BCUT2D eigenvalue weighted by Gasteiger charge is 2.16. The van der Waals surface area contributed by atoms with Gasteiger partial charge in [-0.15, -0.1) is 0 Å². The van der Waals surface area contributed by atoms with Gasteiger partial charge in [-0.25, -0.2) is 0 Å². The number of amides is 1. The van der Waals surface area contributed by atoms with Gasteiger partial charge in [-0.2, -0.15) is 0 Å². The fourth-order valence-electron chi connectivity index (χ4n) is 2.07. The molecule has 2 rings (SSSR count). The Bertz CT molecular complexity index is 446. The number of carbonyl (C=O) groups excluding carboxylic acids is 1. The second-order valence-electron chi connectivity index (χ2n) is 4.65. The van der Waals surface area contributed by atoms with Crippen LogP contribution >= 0.6 is 0 Å². The van der Waals surface area contributed by atoms with Crippen LogP contribution in [0.4, 0.5) is 11.4 Å². The quantitative estimate of drug-likeness (QED) is 0.747. The highest BCUT2D eigenvalue weighted by molar-refractivity contribution is 5.96. The molecule has 1 aromatic carbocycles. The molecule has 0 bridgehead atoms. The molecule has 0 saturated heterocycles. The molecular formula is C13H19N3O2. The van der Waals surface area contributed by atoms with Crippen LogP contribution < -0.4 is 10.6 Å². The summed E-state index contributed by atoms with van der Waals surface area (Å²) in [5.74, 6) is -0.0777. The van der Waals surface area contributed by atoms with Crippen molar-refractivity contribution in [2.45, 2.75) is 13.0 Å². The van der Waals surface area contributed by atoms with Crippen LogP contribution in [0, 0.1) is 0 Å². The van der Waals surface area contributed by atoms with Gasteiger partial charge in [-0.3, -0.25) is 4.79 Å². The molecule has 0 spiro atoms. The van der Waals surface area contributed by atoms with Crippen LogP contribution in [-0.4, -0.2) is 48.7 Å². The van der Waals surface area contributed by atoms with Crippen molar-refractivity contribution in [1.29, 1.82) is 0 Å². The van der Waals surface area contributed by atoms with Gasteiger partial charge in [0.1, 0.15) is 0 Å². The molecular weight excluding hydrogens is 230 g/mol. The van der Waals surface area contributed by atoms with Crippen molar-refractivity contribution in [3.63, 3.8) is 0 Å². The Morgan fingerprint density at radius 2 is 2.06 bits per heavy atom. The minimum Gasteiger partial charge on any atom is -0.392 e. The van der Waals surface area contributed by atoms with E-state index in [2.05, 4.69) is 10.6 Å². The van der Waals surface area contributed by atoms with E-state index in [0.29, 0.717) is 12.1 Å². The van der Waals surface area contributed by atoms with Crippen LogP contribution in [0.3, 0.4) is 0 Å². The Hall–Kier alpha value is -1.75. The Kier molecular flexibility index (Phi) is 3.72. The third-order valence-electron chi connectivity index (χ3n) is 2.91. The van der Waals surface area contributed by atoms with Crippen LogP contribution in [-0.2, 0) is 0 Å². The first-order valence-electron chi connectivity index (χ1n) is 6.13. The Balaban J connectivity index is 2.15. The lowest BCUT2D eigenvalue weighted by molar-refractivity contribution is 0.0704. The van der Waals surface area contributed by atoms with Gasteiger partial charge in [0.25, 0.3) is 5.91 Å². The van der Waals surface area contributed by atoms with E-state index in [1.165, 1.54) is 4.90 Å². The number of nitrogens with one attached hydrogen (secondary N) is 2. The maximum absolute atomic E-state index is 12.1. The van der Waals surface area contributed by atoms with Gasteiger partial charge in [-0.1, -0.05) is 0 Å². The zero-order chi connectivity index (χ0) is 13.1. The number of anilines is 2. The minimum atomic E-state index is -0.517. The topological polar surface area (TPSA) is 64.6 Å². The standard InChI is InChI=1S/C13H19N3O2/c1-9(17)8-16(2)13(18)10-3-4-11-12(7-10)15-6-5-14-11/h3-4,7,9,14-15,17H,5-6,8H2,1-2H3. The molecule has 1 aliphatic heterocycles. The summed E-state index contributed by atoms with van der Waals surface area (Å²) < 4.78 is 0. The van der Waals surface area contributed by atoms with Gasteiger partial charge < -0.3 is 20.6 Å². The predicted molar refractivity (Wildman–Crippen MR) is 72.1 cm³/mol. The van der Waals surface area contributed by atoms with E-state index >= 15 is 0 Å². The van der Waals surface area contributed by atoms with Crippen molar-refractivity contribution in [2.75, 3.05) is 37.3 Å². The molecule has 1 amide bonds. The maximum Gasteiger partial charge on any atom is 0.253 e. The molecule has 1 unspecified atom stereocenters. The summed E-state index contributed by atoms with van der Waals surface area (Å²) in [6, 6.07) is 5.56. The number of hydrogen-bond acceptors (Lipinski definition) is 4. The highest BCUT2D eigenvalue weighted by atomic mass is 16.3. The number of rotatable bonds is 3. The second-order valence-corrected chi connectivity index (χ2v) is 4.65. The van der Waals surface area contributed by atoms with Crippen molar-refractivity contribution >= 4 is 17.3 Å². The molecule has 1 aromatic rings. The van der Waals surface area contributed by atoms with Gasteiger partial charge in [0, 0.05) is 32.2 Å². The van der Waals surface area contributed by atoms with E-state index in [-0.39, 0.29) is 5.91 Å². The van der Waals surface area contributed by atoms with Gasteiger partial charge in [-0.05, 0) is 25.1 Å². The first-order chi connectivity index (χ1) is 8.58. The Morgan fingerprint density at radius 3 is 2.72 bits per heavy atom. The van der Waals surface area contributed by atoms with Crippen LogP contribution in [0.25, 0.3) is 0 Å². The normalized spacial score (nSPS) is 15.1. The lowest BCUT2D eigenvalue weighted by atomic mass is 10.1. The molecule has 0 fully saturated rings. The summed E-state index contributed by atoms with van der Waals surface area (Å²) in [6.45, 7) is 3.75. The molecule has 98 valence electrons. The molecule has 1 aliphatic rings. The van der Waals surface area contributed by atoms with E-state index in [1.807, 2.05) is 12.1 Å². The molecule has 0 aromatic heterocycles. The molecule has 18 heavy (non-hydrogen) atoms. The number of likely N-dealkylation sites (N-methyl/N-ethyl adjacent to an activating group) is 1. The van der Waals surface area contributed by atoms with E-state index < -0.39 is 6.10 Å². The Labute approximate surface area is 107 Å². The lowest BCUT2D eigenvalue weighted by Gasteiger charge is -2.22. The van der Waals surface area contributed by atoms with Crippen molar-refractivity contribution in [2.24, 2.45) is 0 Å². The molecule has 0 radical (unpaired) electrons. The number of benzene rings is 1. The average Bonchev–Trinajstić information content (AvgIpc) is 2.36. The lowest BCUT2D eigenvalue weighted by Crippen LogP contribution is -2.33. The van der Waals surface area contributed by atoms with E-state index in [1.54, 1.807) is 20.0 Å². The number of fused-ring (bicyclic) bond motifs is 1. The number of aliphatic hydroxyl groups excluding tert-OH is 1. The predicted octanol–water partition coefficient (Wildman–Crippen LogP) is 0.977. The summed E-state index contributed by atoms with van der Waals surface area (Å²) in [6.07, 6.45) is -0.517.